The van der Waals surface area contributed by atoms with Crippen molar-refractivity contribution in [3.63, 3.8) is 0 Å². The molecule has 0 aromatic carbocycles. The quantitative estimate of drug-likeness (QED) is 0.803. The second-order valence-electron chi connectivity index (χ2n) is 3.65. The van der Waals surface area contributed by atoms with Crippen LogP contribution in [0.4, 0.5) is 13.2 Å². The van der Waals surface area contributed by atoms with E-state index in [0.29, 0.717) is 18.6 Å². The third kappa shape index (κ3) is 4.32. The molecule has 1 rings (SSSR count). The minimum Gasteiger partial charge on any atom is -0.359 e. The molecule has 1 heterocycles. The van der Waals surface area contributed by atoms with E-state index in [1.807, 2.05) is 0 Å². The van der Waals surface area contributed by atoms with Gasteiger partial charge in [0.25, 0.3) is 0 Å². The van der Waals surface area contributed by atoms with Crippen LogP contribution in [-0.4, -0.2) is 30.1 Å². The Hall–Kier alpha value is -0.390. The zero-order valence-corrected chi connectivity index (χ0v) is 9.25. The summed E-state index contributed by atoms with van der Waals surface area (Å²) < 4.78 is 36.4. The van der Waals surface area contributed by atoms with E-state index in [1.54, 1.807) is 0 Å². The van der Waals surface area contributed by atoms with Gasteiger partial charge in [-0.15, -0.1) is 0 Å². The van der Waals surface area contributed by atoms with E-state index in [-0.39, 0.29) is 11.8 Å². The molecule has 0 aliphatic carbocycles. The average Bonchev–Trinajstić information content (AvgIpc) is 2.14. The number of alkyl halides is 3. The summed E-state index contributed by atoms with van der Waals surface area (Å²) in [7, 11) is 1.52. The number of amides is 1. The second kappa shape index (κ2) is 5.09. The molecule has 1 fully saturated rings. The van der Waals surface area contributed by atoms with Gasteiger partial charge in [-0.1, -0.05) is 0 Å². The molecule has 6 heteroatoms. The first kappa shape index (κ1) is 12.7. The number of nitrogens with one attached hydrogen (secondary N) is 1. The summed E-state index contributed by atoms with van der Waals surface area (Å²) in [4.78, 5) is 11.3. The lowest BCUT2D eigenvalue weighted by Crippen LogP contribution is -2.34. The molecule has 88 valence electrons. The number of hydrogen-bond acceptors (Lipinski definition) is 2. The third-order valence-electron chi connectivity index (χ3n) is 2.44. The van der Waals surface area contributed by atoms with Crippen LogP contribution in [0.3, 0.4) is 0 Å². The van der Waals surface area contributed by atoms with Crippen LogP contribution in [-0.2, 0) is 4.79 Å². The molecule has 0 radical (unpaired) electrons. The van der Waals surface area contributed by atoms with Gasteiger partial charge in [-0.3, -0.25) is 4.79 Å². The van der Waals surface area contributed by atoms with Crippen molar-refractivity contribution in [2.24, 2.45) is 5.92 Å². The number of hydrogen-bond donors (Lipinski definition) is 1. The molecule has 0 aromatic heterocycles. The molecule has 0 bridgehead atoms. The van der Waals surface area contributed by atoms with Crippen LogP contribution in [0.25, 0.3) is 0 Å². The number of carbonyl (C=O) groups excluding carboxylic acids is 1. The first-order chi connectivity index (χ1) is 6.92. The lowest BCUT2D eigenvalue weighted by molar-refractivity contribution is -0.137. The Kier molecular flexibility index (Phi) is 4.31. The van der Waals surface area contributed by atoms with Crippen LogP contribution < -0.4 is 5.32 Å². The van der Waals surface area contributed by atoms with Gasteiger partial charge < -0.3 is 5.32 Å². The van der Waals surface area contributed by atoms with Gasteiger partial charge in [0.15, 0.2) is 0 Å². The monoisotopic (exact) mass is 241 g/mol. The summed E-state index contributed by atoms with van der Waals surface area (Å²) in [5.74, 6) is 0.254. The van der Waals surface area contributed by atoms with Crippen molar-refractivity contribution in [1.29, 1.82) is 0 Å². The Morgan fingerprint density at radius 1 is 1.53 bits per heavy atom. The van der Waals surface area contributed by atoms with Crippen LogP contribution >= 0.6 is 11.8 Å². The van der Waals surface area contributed by atoms with Crippen molar-refractivity contribution in [2.45, 2.75) is 30.7 Å². The van der Waals surface area contributed by atoms with Crippen molar-refractivity contribution >= 4 is 17.7 Å². The van der Waals surface area contributed by atoms with Crippen LogP contribution in [0.1, 0.15) is 19.3 Å². The number of carbonyl (C=O) groups is 1. The standard InChI is InChI=1S/C9H14F3NOS/c1-13-8(14)6-2-3-15-7(4-6)5-9(10,11)12/h6-7H,2-5H2,1H3,(H,13,14). The summed E-state index contributed by atoms with van der Waals surface area (Å²) in [5.41, 5.74) is 0. The van der Waals surface area contributed by atoms with Gasteiger partial charge in [-0.25, -0.2) is 0 Å². The molecule has 2 nitrogen and oxygen atoms in total. The molecule has 1 aliphatic heterocycles. The molecular weight excluding hydrogens is 227 g/mol. The van der Waals surface area contributed by atoms with Crippen LogP contribution in [0.15, 0.2) is 0 Å². The Balaban J connectivity index is 2.46. The lowest BCUT2D eigenvalue weighted by Gasteiger charge is -2.28. The highest BCUT2D eigenvalue weighted by Gasteiger charge is 2.36. The molecule has 0 aromatic rings. The first-order valence-corrected chi connectivity index (χ1v) is 5.87. The number of thioether (sulfide) groups is 1. The van der Waals surface area contributed by atoms with Crippen molar-refractivity contribution < 1.29 is 18.0 Å². The van der Waals surface area contributed by atoms with Crippen molar-refractivity contribution in [1.82, 2.24) is 5.32 Å². The molecule has 1 aliphatic rings. The molecule has 1 N–H and O–H groups in total. The predicted octanol–water partition coefficient (Wildman–Crippen LogP) is 2.20. The first-order valence-electron chi connectivity index (χ1n) is 4.82. The van der Waals surface area contributed by atoms with Crippen molar-refractivity contribution in [3.05, 3.63) is 0 Å². The fourth-order valence-corrected chi connectivity index (χ4v) is 3.15. The highest BCUT2D eigenvalue weighted by Crippen LogP contribution is 2.36. The van der Waals surface area contributed by atoms with E-state index in [9.17, 15) is 18.0 Å². The zero-order chi connectivity index (χ0) is 11.5. The van der Waals surface area contributed by atoms with E-state index in [4.69, 9.17) is 0 Å². The summed E-state index contributed by atoms with van der Waals surface area (Å²) in [5, 5.41) is 2.03. The van der Waals surface area contributed by atoms with Gasteiger partial charge in [-0.05, 0) is 18.6 Å². The molecule has 2 unspecified atom stereocenters. The Morgan fingerprint density at radius 3 is 2.73 bits per heavy atom. The normalized spacial score (nSPS) is 27.5. The summed E-state index contributed by atoms with van der Waals surface area (Å²) >= 11 is 1.32. The average molecular weight is 241 g/mol. The van der Waals surface area contributed by atoms with Crippen LogP contribution in [0.2, 0.25) is 0 Å². The fraction of sp³-hybridized carbons (Fsp3) is 0.889. The third-order valence-corrected chi connectivity index (χ3v) is 3.75. The SMILES string of the molecule is CNC(=O)C1CCSC(CC(F)(F)F)C1. The Morgan fingerprint density at radius 2 is 2.20 bits per heavy atom. The predicted molar refractivity (Wildman–Crippen MR) is 53.7 cm³/mol. The lowest BCUT2D eigenvalue weighted by atomic mass is 9.97. The topological polar surface area (TPSA) is 29.1 Å². The van der Waals surface area contributed by atoms with Gasteiger partial charge in [0.05, 0.1) is 6.42 Å². The number of halogens is 3. The van der Waals surface area contributed by atoms with Gasteiger partial charge in [0.1, 0.15) is 0 Å². The maximum atomic E-state index is 12.1. The minimum absolute atomic E-state index is 0.137. The van der Waals surface area contributed by atoms with Gasteiger partial charge >= 0.3 is 6.18 Å². The Bertz CT molecular complexity index is 232. The highest BCUT2D eigenvalue weighted by atomic mass is 32.2. The van der Waals surface area contributed by atoms with Crippen LogP contribution in [0.5, 0.6) is 0 Å². The minimum atomic E-state index is -4.12. The molecule has 1 saturated heterocycles. The largest absolute Gasteiger partial charge is 0.390 e. The maximum Gasteiger partial charge on any atom is 0.390 e. The van der Waals surface area contributed by atoms with E-state index < -0.39 is 17.8 Å². The van der Waals surface area contributed by atoms with Gasteiger partial charge in [0.2, 0.25) is 5.91 Å². The van der Waals surface area contributed by atoms with E-state index in [1.165, 1.54) is 18.8 Å². The molecule has 2 atom stereocenters. The highest BCUT2D eigenvalue weighted by molar-refractivity contribution is 7.99. The smallest absolute Gasteiger partial charge is 0.359 e. The summed E-state index contributed by atoms with van der Waals surface area (Å²) in [6.45, 7) is 0. The molecule has 1 amide bonds. The molecular formula is C9H14F3NOS. The van der Waals surface area contributed by atoms with E-state index >= 15 is 0 Å². The molecule has 15 heavy (non-hydrogen) atoms. The van der Waals surface area contributed by atoms with Crippen molar-refractivity contribution in [3.8, 4) is 0 Å². The summed E-state index contributed by atoms with van der Waals surface area (Å²) in [6.07, 6.45) is -3.89. The van der Waals surface area contributed by atoms with Crippen LogP contribution in [0, 0.1) is 5.92 Å². The summed E-state index contributed by atoms with van der Waals surface area (Å²) in [6, 6.07) is 0. The van der Waals surface area contributed by atoms with Crippen molar-refractivity contribution in [2.75, 3.05) is 12.8 Å². The second-order valence-corrected chi connectivity index (χ2v) is 5.06. The molecule has 0 spiro atoms. The Labute approximate surface area is 91.0 Å². The van der Waals surface area contributed by atoms with Gasteiger partial charge in [0, 0.05) is 18.2 Å². The molecule has 0 saturated carbocycles. The maximum absolute atomic E-state index is 12.1. The van der Waals surface area contributed by atoms with Gasteiger partial charge in [-0.2, -0.15) is 24.9 Å². The fourth-order valence-electron chi connectivity index (χ4n) is 1.72. The van der Waals surface area contributed by atoms with E-state index in [0.717, 1.165) is 0 Å². The number of rotatable bonds is 2. The van der Waals surface area contributed by atoms with E-state index in [2.05, 4.69) is 5.32 Å². The zero-order valence-electron chi connectivity index (χ0n) is 8.43.